The Hall–Kier alpha value is -0.0400. The predicted octanol–water partition coefficient (Wildman–Crippen LogP) is 6.71. The smallest absolute Gasteiger partial charge is 0.00965 e. The van der Waals surface area contributed by atoms with Crippen LogP contribution in [-0.2, 0) is 0 Å². The van der Waals surface area contributed by atoms with E-state index in [4.69, 9.17) is 0 Å². The van der Waals surface area contributed by atoms with E-state index in [1.165, 1.54) is 77.2 Å². The Bertz CT molecular complexity index is 195. The van der Waals surface area contributed by atoms with E-state index in [1.54, 1.807) is 0 Å². The highest BCUT2D eigenvalue weighted by Gasteiger charge is 2.08. The van der Waals surface area contributed by atoms with Gasteiger partial charge in [-0.05, 0) is 45.6 Å². The fourth-order valence-electron chi connectivity index (χ4n) is 2.66. The van der Waals surface area contributed by atoms with Crippen molar-refractivity contribution in [3.63, 3.8) is 0 Å². The van der Waals surface area contributed by atoms with Crippen LogP contribution in [0.2, 0.25) is 0 Å². The van der Waals surface area contributed by atoms with E-state index < -0.39 is 0 Å². The minimum absolute atomic E-state index is 0.285. The van der Waals surface area contributed by atoms with Gasteiger partial charge in [-0.2, -0.15) is 0 Å². The Morgan fingerprint density at radius 2 is 0.905 bits per heavy atom. The lowest BCUT2D eigenvalue weighted by molar-refractivity contribution is 0.356. The summed E-state index contributed by atoms with van der Waals surface area (Å²) in [6.45, 7) is 15.0. The molecule has 0 atom stereocenters. The lowest BCUT2D eigenvalue weighted by Gasteiger charge is -2.20. The van der Waals surface area contributed by atoms with Crippen LogP contribution in [0.25, 0.3) is 0 Å². The van der Waals surface area contributed by atoms with Crippen LogP contribution >= 0.6 is 0 Å². The second kappa shape index (κ2) is 11.5. The summed E-state index contributed by atoms with van der Waals surface area (Å²) in [5.74, 6) is 0. The predicted molar refractivity (Wildman–Crippen MR) is 98.0 cm³/mol. The van der Waals surface area contributed by atoms with Crippen LogP contribution in [0, 0.1) is 5.41 Å². The maximum atomic E-state index is 3.56. The average Bonchev–Trinajstić information content (AvgIpc) is 2.32. The van der Waals surface area contributed by atoms with Crippen molar-refractivity contribution >= 4 is 0 Å². The van der Waals surface area contributed by atoms with E-state index >= 15 is 0 Å². The molecule has 1 heteroatoms. The van der Waals surface area contributed by atoms with Gasteiger partial charge in [0, 0.05) is 5.54 Å². The molecule has 0 aromatic rings. The molecule has 0 aliphatic heterocycles. The van der Waals surface area contributed by atoms with Gasteiger partial charge in [-0.15, -0.1) is 0 Å². The van der Waals surface area contributed by atoms with Gasteiger partial charge in [0.2, 0.25) is 0 Å². The molecular weight excluding hydrogens is 254 g/mol. The SMILES string of the molecule is CC(C)(C)CCCCCCCCCCCCNC(C)(C)C. The first-order valence-corrected chi connectivity index (χ1v) is 9.46. The van der Waals surface area contributed by atoms with Crippen molar-refractivity contribution in [2.75, 3.05) is 6.54 Å². The zero-order valence-electron chi connectivity index (χ0n) is 16.0. The largest absolute Gasteiger partial charge is 0.312 e. The third kappa shape index (κ3) is 20.0. The molecule has 0 aliphatic rings. The van der Waals surface area contributed by atoms with Crippen molar-refractivity contribution < 1.29 is 0 Å². The van der Waals surface area contributed by atoms with Crippen molar-refractivity contribution in [1.29, 1.82) is 0 Å². The molecule has 0 saturated heterocycles. The summed E-state index contributed by atoms with van der Waals surface area (Å²) in [6.07, 6.45) is 15.7. The zero-order valence-corrected chi connectivity index (χ0v) is 16.0. The van der Waals surface area contributed by atoms with Gasteiger partial charge >= 0.3 is 0 Å². The molecule has 0 aromatic heterocycles. The molecule has 0 aromatic carbocycles. The monoisotopic (exact) mass is 297 g/mol. The molecule has 0 bridgehead atoms. The number of unbranched alkanes of at least 4 members (excludes halogenated alkanes) is 9. The highest BCUT2D eigenvalue weighted by Crippen LogP contribution is 2.22. The van der Waals surface area contributed by atoms with E-state index in [1.807, 2.05) is 0 Å². The Balaban J connectivity index is 3.10. The molecule has 1 nitrogen and oxygen atoms in total. The summed E-state index contributed by atoms with van der Waals surface area (Å²) < 4.78 is 0. The molecular formula is C20H43N. The first kappa shape index (κ1) is 21.0. The average molecular weight is 298 g/mol. The molecule has 0 amide bonds. The Morgan fingerprint density at radius 3 is 1.29 bits per heavy atom. The van der Waals surface area contributed by atoms with Gasteiger partial charge in [-0.3, -0.25) is 0 Å². The molecule has 0 aliphatic carbocycles. The first-order chi connectivity index (χ1) is 9.71. The highest BCUT2D eigenvalue weighted by atomic mass is 14.9. The van der Waals surface area contributed by atoms with Crippen LogP contribution in [0.15, 0.2) is 0 Å². The van der Waals surface area contributed by atoms with Crippen molar-refractivity contribution in [2.24, 2.45) is 5.41 Å². The number of rotatable bonds is 12. The maximum Gasteiger partial charge on any atom is 0.00965 e. The maximum absolute atomic E-state index is 3.56. The minimum atomic E-state index is 0.285. The van der Waals surface area contributed by atoms with Crippen LogP contribution in [0.5, 0.6) is 0 Å². The Labute approximate surface area is 135 Å². The van der Waals surface area contributed by atoms with E-state index in [-0.39, 0.29) is 5.54 Å². The third-order valence-electron chi connectivity index (χ3n) is 4.01. The van der Waals surface area contributed by atoms with Crippen LogP contribution in [0.4, 0.5) is 0 Å². The van der Waals surface area contributed by atoms with Crippen LogP contribution in [0.3, 0.4) is 0 Å². The number of hydrogen-bond donors (Lipinski definition) is 1. The highest BCUT2D eigenvalue weighted by molar-refractivity contribution is 4.69. The zero-order chi connectivity index (χ0) is 16.2. The quantitative estimate of drug-likeness (QED) is 0.395. The second-order valence-electron chi connectivity index (χ2n) is 9.02. The fourth-order valence-corrected chi connectivity index (χ4v) is 2.66. The molecule has 1 N–H and O–H groups in total. The van der Waals surface area contributed by atoms with E-state index in [0.29, 0.717) is 5.41 Å². The van der Waals surface area contributed by atoms with E-state index in [0.717, 1.165) is 0 Å². The molecule has 0 spiro atoms. The molecule has 128 valence electrons. The van der Waals surface area contributed by atoms with Gasteiger partial charge in [0.25, 0.3) is 0 Å². The Kier molecular flexibility index (Phi) is 11.5. The molecule has 0 fully saturated rings. The summed E-state index contributed by atoms with van der Waals surface area (Å²) in [4.78, 5) is 0. The third-order valence-corrected chi connectivity index (χ3v) is 4.01. The van der Waals surface area contributed by atoms with Gasteiger partial charge in [-0.25, -0.2) is 0 Å². The summed E-state index contributed by atoms with van der Waals surface area (Å²) in [5.41, 5.74) is 0.814. The van der Waals surface area contributed by atoms with Gasteiger partial charge in [-0.1, -0.05) is 78.6 Å². The first-order valence-electron chi connectivity index (χ1n) is 9.46. The lowest BCUT2D eigenvalue weighted by atomic mass is 9.89. The Morgan fingerprint density at radius 1 is 0.524 bits per heavy atom. The minimum Gasteiger partial charge on any atom is -0.312 e. The summed E-state index contributed by atoms with van der Waals surface area (Å²) in [7, 11) is 0. The summed E-state index contributed by atoms with van der Waals surface area (Å²) >= 11 is 0. The number of hydrogen-bond acceptors (Lipinski definition) is 1. The molecule has 0 radical (unpaired) electrons. The van der Waals surface area contributed by atoms with Crippen LogP contribution in [-0.4, -0.2) is 12.1 Å². The van der Waals surface area contributed by atoms with Gasteiger partial charge in [0.15, 0.2) is 0 Å². The topological polar surface area (TPSA) is 12.0 Å². The van der Waals surface area contributed by atoms with Crippen molar-refractivity contribution in [2.45, 2.75) is 118 Å². The lowest BCUT2D eigenvalue weighted by Crippen LogP contribution is -2.36. The number of nitrogens with one attached hydrogen (secondary N) is 1. The van der Waals surface area contributed by atoms with Crippen LogP contribution < -0.4 is 5.32 Å². The molecule has 21 heavy (non-hydrogen) atoms. The fraction of sp³-hybridized carbons (Fsp3) is 1.00. The summed E-state index contributed by atoms with van der Waals surface area (Å²) in [5, 5.41) is 3.56. The normalized spacial score (nSPS) is 12.9. The van der Waals surface area contributed by atoms with Gasteiger partial charge < -0.3 is 5.32 Å². The van der Waals surface area contributed by atoms with Crippen molar-refractivity contribution in [3.8, 4) is 0 Å². The molecule has 0 unspecified atom stereocenters. The van der Waals surface area contributed by atoms with E-state index in [2.05, 4.69) is 46.9 Å². The standard InChI is InChI=1S/C20H43N/c1-19(2,3)17-15-13-11-9-7-8-10-12-14-16-18-21-20(4,5)6/h21H,7-18H2,1-6H3. The molecule has 0 rings (SSSR count). The van der Waals surface area contributed by atoms with Gasteiger partial charge in [0.05, 0.1) is 0 Å². The van der Waals surface area contributed by atoms with Crippen molar-refractivity contribution in [3.05, 3.63) is 0 Å². The van der Waals surface area contributed by atoms with Crippen LogP contribution in [0.1, 0.15) is 112 Å². The van der Waals surface area contributed by atoms with Crippen molar-refractivity contribution in [1.82, 2.24) is 5.32 Å². The van der Waals surface area contributed by atoms with Gasteiger partial charge in [0.1, 0.15) is 0 Å². The van der Waals surface area contributed by atoms with E-state index in [9.17, 15) is 0 Å². The molecule has 0 saturated carbocycles. The summed E-state index contributed by atoms with van der Waals surface area (Å²) in [6, 6.07) is 0. The second-order valence-corrected chi connectivity index (χ2v) is 9.02. The molecule has 0 heterocycles.